The lowest BCUT2D eigenvalue weighted by molar-refractivity contribution is -0.130. The number of halogens is 1. The number of thioether (sulfide) groups is 1. The van der Waals surface area contributed by atoms with Gasteiger partial charge in [-0.3, -0.25) is 15.0 Å². The molecule has 156 valence electrons. The van der Waals surface area contributed by atoms with Crippen molar-refractivity contribution < 1.29 is 14.3 Å². The number of rotatable bonds is 6. The summed E-state index contributed by atoms with van der Waals surface area (Å²) in [6.45, 7) is 2.67. The van der Waals surface area contributed by atoms with E-state index in [9.17, 15) is 9.59 Å². The summed E-state index contributed by atoms with van der Waals surface area (Å²) in [7, 11) is 0. The van der Waals surface area contributed by atoms with Gasteiger partial charge in [0.2, 0.25) is 5.91 Å². The molecule has 3 fully saturated rings. The van der Waals surface area contributed by atoms with Crippen LogP contribution in [0.1, 0.15) is 58.3 Å². The first-order chi connectivity index (χ1) is 13.5. The monoisotopic (exact) mass is 472 g/mol. The molecule has 1 aliphatic heterocycles. The highest BCUT2D eigenvalue weighted by Crippen LogP contribution is 2.31. The summed E-state index contributed by atoms with van der Waals surface area (Å²) < 4.78 is 5.69. The van der Waals surface area contributed by atoms with Crippen LogP contribution in [-0.4, -0.2) is 57.0 Å². The third-order valence-electron chi connectivity index (χ3n) is 5.51. The average molecular weight is 473 g/mol. The Balaban J connectivity index is 1.50. The molecule has 2 aliphatic carbocycles. The topological polar surface area (TPSA) is 94.8 Å². The Kier molecular flexibility index (Phi) is 7.93. The van der Waals surface area contributed by atoms with Crippen molar-refractivity contribution in [2.24, 2.45) is 11.0 Å². The Morgan fingerprint density at radius 3 is 2.89 bits per heavy atom. The average Bonchev–Trinajstić information content (AvgIpc) is 3.06. The molecule has 7 nitrogen and oxygen atoms in total. The van der Waals surface area contributed by atoms with Crippen LogP contribution in [0.5, 0.6) is 0 Å². The van der Waals surface area contributed by atoms with Gasteiger partial charge in [-0.15, -0.1) is 0 Å². The molecule has 3 rings (SSSR count). The number of alkyl halides is 1. The third-order valence-corrected chi connectivity index (χ3v) is 7.41. The Labute approximate surface area is 179 Å². The maximum Gasteiger partial charge on any atom is 0.250 e. The second kappa shape index (κ2) is 10.2. The lowest BCUT2D eigenvalue weighted by Crippen LogP contribution is -2.48. The molecule has 0 aromatic carbocycles. The summed E-state index contributed by atoms with van der Waals surface area (Å²) in [5.74, 6) is -0.114. The number of amides is 2. The highest BCUT2D eigenvalue weighted by atomic mass is 79.9. The Morgan fingerprint density at radius 1 is 1.39 bits per heavy atom. The molecule has 9 heteroatoms. The molecule has 0 aromatic rings. The van der Waals surface area contributed by atoms with Crippen LogP contribution in [0.25, 0.3) is 0 Å². The molecule has 1 heterocycles. The second-order valence-electron chi connectivity index (χ2n) is 7.71. The molecule has 0 bridgehead atoms. The number of nitrogens with zero attached hydrogens (tertiary/aromatic N) is 2. The molecule has 5 unspecified atom stereocenters. The lowest BCUT2D eigenvalue weighted by atomic mass is 9.92. The van der Waals surface area contributed by atoms with Crippen LogP contribution in [0.2, 0.25) is 0 Å². The Hall–Kier alpha value is -0.930. The predicted octanol–water partition coefficient (Wildman–Crippen LogP) is 3.27. The van der Waals surface area contributed by atoms with Crippen molar-refractivity contribution >= 4 is 50.9 Å². The van der Waals surface area contributed by atoms with E-state index >= 15 is 0 Å². The van der Waals surface area contributed by atoms with E-state index in [-0.39, 0.29) is 35.5 Å². The Morgan fingerprint density at radius 2 is 2.21 bits per heavy atom. The highest BCUT2D eigenvalue weighted by Gasteiger charge is 2.36. The molecule has 0 radical (unpaired) electrons. The van der Waals surface area contributed by atoms with Crippen molar-refractivity contribution in [1.82, 2.24) is 10.3 Å². The van der Waals surface area contributed by atoms with E-state index in [2.05, 4.69) is 26.3 Å². The van der Waals surface area contributed by atoms with Gasteiger partial charge in [-0.2, -0.15) is 10.1 Å². The zero-order valence-electron chi connectivity index (χ0n) is 16.2. The molecule has 2 amide bonds. The molecule has 0 aromatic heterocycles. The number of hydrazone groups is 1. The van der Waals surface area contributed by atoms with Crippen LogP contribution in [0.15, 0.2) is 5.10 Å². The summed E-state index contributed by atoms with van der Waals surface area (Å²) >= 11 is 4.72. The fourth-order valence-electron chi connectivity index (χ4n) is 4.06. The van der Waals surface area contributed by atoms with E-state index < -0.39 is 5.25 Å². The number of amidine groups is 1. The predicted molar refractivity (Wildman–Crippen MR) is 115 cm³/mol. The number of hydrogen-bond acceptors (Lipinski definition) is 6. The third kappa shape index (κ3) is 5.79. The van der Waals surface area contributed by atoms with Crippen LogP contribution in [0.3, 0.4) is 0 Å². The van der Waals surface area contributed by atoms with Gasteiger partial charge in [-0.05, 0) is 57.8 Å². The first kappa shape index (κ1) is 21.8. The Bertz CT molecular complexity index is 612. The van der Waals surface area contributed by atoms with E-state index in [0.29, 0.717) is 17.4 Å². The van der Waals surface area contributed by atoms with Gasteiger partial charge in [0.15, 0.2) is 5.17 Å². The SMILES string of the molecule is CCOC1CCCC(NC(=O)C2CC(=O)N(/N=C/C3CCC(Br)C3)C(=N)S2)C1. The van der Waals surface area contributed by atoms with Gasteiger partial charge in [0.25, 0.3) is 5.91 Å². The molecular formula is C19H29BrN4O3S. The van der Waals surface area contributed by atoms with E-state index in [1.807, 2.05) is 6.92 Å². The zero-order valence-corrected chi connectivity index (χ0v) is 18.6. The highest BCUT2D eigenvalue weighted by molar-refractivity contribution is 9.09. The fraction of sp³-hybridized carbons (Fsp3) is 0.789. The molecule has 5 atom stereocenters. The van der Waals surface area contributed by atoms with Gasteiger partial charge in [0.1, 0.15) is 5.25 Å². The molecule has 3 aliphatic rings. The smallest absolute Gasteiger partial charge is 0.250 e. The van der Waals surface area contributed by atoms with Gasteiger partial charge in [-0.1, -0.05) is 27.7 Å². The number of ether oxygens (including phenoxy) is 1. The minimum atomic E-state index is -0.558. The van der Waals surface area contributed by atoms with Gasteiger partial charge in [0, 0.05) is 23.7 Å². The van der Waals surface area contributed by atoms with Crippen LogP contribution >= 0.6 is 27.7 Å². The minimum absolute atomic E-state index is 0.0249. The normalized spacial score (nSPS) is 34.2. The van der Waals surface area contributed by atoms with Gasteiger partial charge in [0.05, 0.1) is 12.5 Å². The molecule has 0 spiro atoms. The molecule has 2 saturated carbocycles. The maximum atomic E-state index is 12.6. The van der Waals surface area contributed by atoms with E-state index in [4.69, 9.17) is 10.1 Å². The molecule has 28 heavy (non-hydrogen) atoms. The first-order valence-electron chi connectivity index (χ1n) is 10.1. The summed E-state index contributed by atoms with van der Waals surface area (Å²) in [6, 6.07) is 0.0818. The maximum absolute atomic E-state index is 12.6. The van der Waals surface area contributed by atoms with Crippen molar-refractivity contribution in [2.45, 2.75) is 80.5 Å². The number of carbonyl (C=O) groups excluding carboxylic acids is 2. The molecule has 2 N–H and O–H groups in total. The van der Waals surface area contributed by atoms with Gasteiger partial charge in [-0.25, -0.2) is 0 Å². The van der Waals surface area contributed by atoms with Gasteiger partial charge < -0.3 is 10.1 Å². The largest absolute Gasteiger partial charge is 0.378 e. The first-order valence-corrected chi connectivity index (χ1v) is 11.9. The summed E-state index contributed by atoms with van der Waals surface area (Å²) in [6.07, 6.45) is 9.00. The number of nitrogens with one attached hydrogen (secondary N) is 2. The molecular weight excluding hydrogens is 444 g/mol. The summed E-state index contributed by atoms with van der Waals surface area (Å²) in [5, 5.41) is 16.1. The van der Waals surface area contributed by atoms with E-state index in [1.54, 1.807) is 6.21 Å². The fourth-order valence-corrected chi connectivity index (χ4v) is 5.72. The van der Waals surface area contributed by atoms with Crippen molar-refractivity contribution in [1.29, 1.82) is 5.41 Å². The van der Waals surface area contributed by atoms with Crippen molar-refractivity contribution in [3.05, 3.63) is 0 Å². The standard InChI is InChI=1S/C19H29BrN4O3S/c1-2-27-15-5-3-4-14(9-15)23-18(26)16-10-17(25)24(19(21)28-16)22-11-12-6-7-13(20)8-12/h11-16,21H,2-10H2,1H3,(H,23,26)/b21-19?,22-11+. The van der Waals surface area contributed by atoms with Crippen LogP contribution in [-0.2, 0) is 14.3 Å². The number of hydrogen-bond donors (Lipinski definition) is 2. The van der Waals surface area contributed by atoms with Crippen molar-refractivity contribution in [3.8, 4) is 0 Å². The summed E-state index contributed by atoms with van der Waals surface area (Å²) in [5.41, 5.74) is 0. The van der Waals surface area contributed by atoms with Crippen molar-refractivity contribution in [2.75, 3.05) is 6.61 Å². The van der Waals surface area contributed by atoms with Crippen LogP contribution in [0.4, 0.5) is 0 Å². The minimum Gasteiger partial charge on any atom is -0.378 e. The second-order valence-corrected chi connectivity index (χ2v) is 10.2. The lowest BCUT2D eigenvalue weighted by Gasteiger charge is -2.32. The summed E-state index contributed by atoms with van der Waals surface area (Å²) in [4.78, 5) is 25.6. The number of carbonyl (C=O) groups is 2. The van der Waals surface area contributed by atoms with E-state index in [1.165, 1.54) is 0 Å². The molecule has 1 saturated heterocycles. The van der Waals surface area contributed by atoms with Crippen LogP contribution < -0.4 is 5.32 Å². The quantitative estimate of drug-likeness (QED) is 0.457. The zero-order chi connectivity index (χ0) is 20.1. The van der Waals surface area contributed by atoms with Crippen LogP contribution in [0, 0.1) is 11.3 Å². The van der Waals surface area contributed by atoms with Crippen molar-refractivity contribution in [3.63, 3.8) is 0 Å². The van der Waals surface area contributed by atoms with E-state index in [0.717, 1.165) is 61.7 Å². The van der Waals surface area contributed by atoms with Gasteiger partial charge >= 0.3 is 0 Å².